The summed E-state index contributed by atoms with van der Waals surface area (Å²) in [4.78, 5) is 0. The molecule has 5 heteroatoms. The molecule has 0 bridgehead atoms. The highest BCUT2D eigenvalue weighted by Crippen LogP contribution is 2.12. The lowest BCUT2D eigenvalue weighted by atomic mass is 10.1. The van der Waals surface area contributed by atoms with Gasteiger partial charge in [0, 0.05) is 0 Å². The van der Waals surface area contributed by atoms with Crippen molar-refractivity contribution in [1.29, 1.82) is 0 Å². The van der Waals surface area contributed by atoms with E-state index in [1.807, 2.05) is 0 Å². The maximum Gasteiger partial charge on any atom is 0.264 e. The van der Waals surface area contributed by atoms with Crippen LogP contribution in [-0.4, -0.2) is 14.7 Å². The molecule has 0 aliphatic rings. The van der Waals surface area contributed by atoms with Gasteiger partial charge in [-0.3, -0.25) is 4.18 Å². The number of rotatable bonds is 3. The van der Waals surface area contributed by atoms with Crippen LogP contribution in [-0.2, 0) is 20.9 Å². The van der Waals surface area contributed by atoms with Gasteiger partial charge in [-0.25, -0.2) is 4.39 Å². The van der Waals surface area contributed by atoms with Crippen LogP contribution in [0.1, 0.15) is 11.1 Å². The van der Waals surface area contributed by atoms with Crippen molar-refractivity contribution in [3.63, 3.8) is 0 Å². The fourth-order valence-corrected chi connectivity index (χ4v) is 1.31. The van der Waals surface area contributed by atoms with E-state index >= 15 is 0 Å². The lowest BCUT2D eigenvalue weighted by Gasteiger charge is -2.05. The zero-order valence-electron chi connectivity index (χ0n) is 7.95. The minimum absolute atomic E-state index is 0.123. The van der Waals surface area contributed by atoms with Crippen LogP contribution in [0.2, 0.25) is 0 Å². The van der Waals surface area contributed by atoms with Gasteiger partial charge in [0.2, 0.25) is 0 Å². The first-order chi connectivity index (χ1) is 6.38. The zero-order chi connectivity index (χ0) is 10.8. The van der Waals surface area contributed by atoms with Crippen molar-refractivity contribution >= 4 is 10.1 Å². The van der Waals surface area contributed by atoms with Gasteiger partial charge in [0.15, 0.2) is 0 Å². The fraction of sp³-hybridized carbons (Fsp3) is 0.333. The van der Waals surface area contributed by atoms with Crippen LogP contribution in [0.25, 0.3) is 0 Å². The first-order valence-electron chi connectivity index (χ1n) is 3.98. The molecular weight excluding hydrogens is 207 g/mol. The van der Waals surface area contributed by atoms with E-state index in [9.17, 15) is 12.8 Å². The molecule has 0 heterocycles. The lowest BCUT2D eigenvalue weighted by molar-refractivity contribution is 0.310. The van der Waals surface area contributed by atoms with Gasteiger partial charge >= 0.3 is 0 Å². The maximum absolute atomic E-state index is 12.8. The largest absolute Gasteiger partial charge is 0.265 e. The minimum atomic E-state index is -3.47. The van der Waals surface area contributed by atoms with Gasteiger partial charge < -0.3 is 0 Å². The second kappa shape index (κ2) is 4.06. The molecule has 0 saturated heterocycles. The van der Waals surface area contributed by atoms with Crippen LogP contribution in [0.4, 0.5) is 4.39 Å². The highest BCUT2D eigenvalue weighted by Gasteiger charge is 2.05. The molecule has 14 heavy (non-hydrogen) atoms. The Morgan fingerprint density at radius 2 is 2.07 bits per heavy atom. The Morgan fingerprint density at radius 3 is 2.64 bits per heavy atom. The number of aryl methyl sites for hydroxylation is 1. The molecule has 0 saturated carbocycles. The van der Waals surface area contributed by atoms with E-state index in [4.69, 9.17) is 0 Å². The Kier molecular flexibility index (Phi) is 3.23. The van der Waals surface area contributed by atoms with Gasteiger partial charge in [-0.1, -0.05) is 6.07 Å². The topological polar surface area (TPSA) is 43.4 Å². The van der Waals surface area contributed by atoms with Gasteiger partial charge in [0.05, 0.1) is 12.9 Å². The Morgan fingerprint density at radius 1 is 1.43 bits per heavy atom. The molecule has 0 atom stereocenters. The molecule has 1 rings (SSSR count). The third kappa shape index (κ3) is 3.43. The normalized spacial score (nSPS) is 11.6. The van der Waals surface area contributed by atoms with Crippen LogP contribution in [0.15, 0.2) is 18.2 Å². The summed E-state index contributed by atoms with van der Waals surface area (Å²) in [5.74, 6) is -0.400. The minimum Gasteiger partial charge on any atom is -0.265 e. The van der Waals surface area contributed by atoms with E-state index in [-0.39, 0.29) is 6.61 Å². The smallest absolute Gasteiger partial charge is 0.264 e. The number of hydrogen-bond acceptors (Lipinski definition) is 3. The summed E-state index contributed by atoms with van der Waals surface area (Å²) in [6, 6.07) is 4.16. The molecule has 0 fully saturated rings. The number of benzene rings is 1. The average molecular weight is 218 g/mol. The van der Waals surface area contributed by atoms with Gasteiger partial charge in [-0.15, -0.1) is 0 Å². The summed E-state index contributed by atoms with van der Waals surface area (Å²) < 4.78 is 38.7. The molecule has 0 aliphatic carbocycles. The van der Waals surface area contributed by atoms with Crippen molar-refractivity contribution in [2.45, 2.75) is 13.5 Å². The standard InChI is InChI=1S/C9H11FO3S/c1-7-3-4-9(10)5-8(7)6-13-14(2,11)12/h3-5H,6H2,1-2H3. The first kappa shape index (κ1) is 11.1. The van der Waals surface area contributed by atoms with E-state index in [1.165, 1.54) is 12.1 Å². The van der Waals surface area contributed by atoms with Crippen molar-refractivity contribution in [2.24, 2.45) is 0 Å². The Balaban J connectivity index is 2.81. The molecule has 0 spiro atoms. The van der Waals surface area contributed by atoms with Gasteiger partial charge in [0.1, 0.15) is 5.82 Å². The Bertz CT molecular complexity index is 426. The second-order valence-electron chi connectivity index (χ2n) is 3.04. The van der Waals surface area contributed by atoms with Gasteiger partial charge in [-0.2, -0.15) is 8.42 Å². The summed E-state index contributed by atoms with van der Waals surface area (Å²) in [5.41, 5.74) is 1.34. The summed E-state index contributed by atoms with van der Waals surface area (Å²) in [6.07, 6.45) is 0.960. The van der Waals surface area contributed by atoms with Crippen LogP contribution < -0.4 is 0 Å². The van der Waals surface area contributed by atoms with Crippen molar-refractivity contribution in [3.8, 4) is 0 Å². The van der Waals surface area contributed by atoms with E-state index in [2.05, 4.69) is 4.18 Å². The van der Waals surface area contributed by atoms with Crippen LogP contribution >= 0.6 is 0 Å². The average Bonchev–Trinajstić information content (AvgIpc) is 2.05. The summed E-state index contributed by atoms with van der Waals surface area (Å²) in [7, 11) is -3.47. The molecule has 78 valence electrons. The maximum atomic E-state index is 12.8. The molecule has 0 radical (unpaired) electrons. The highest BCUT2D eigenvalue weighted by atomic mass is 32.2. The third-order valence-electron chi connectivity index (χ3n) is 1.74. The monoisotopic (exact) mass is 218 g/mol. The van der Waals surface area contributed by atoms with E-state index in [1.54, 1.807) is 13.0 Å². The zero-order valence-corrected chi connectivity index (χ0v) is 8.77. The third-order valence-corrected chi connectivity index (χ3v) is 2.29. The molecule has 0 N–H and O–H groups in total. The Hall–Kier alpha value is -0.940. The molecule has 0 unspecified atom stereocenters. The number of hydrogen-bond donors (Lipinski definition) is 0. The van der Waals surface area contributed by atoms with E-state index in [0.29, 0.717) is 5.56 Å². The summed E-state index contributed by atoms with van der Waals surface area (Å²) in [6.45, 7) is 1.64. The first-order valence-corrected chi connectivity index (χ1v) is 5.79. The quantitative estimate of drug-likeness (QED) is 0.724. The predicted molar refractivity (Wildman–Crippen MR) is 50.8 cm³/mol. The molecule has 0 amide bonds. The molecular formula is C9H11FO3S. The summed E-state index contributed by atoms with van der Waals surface area (Å²) in [5, 5.41) is 0. The second-order valence-corrected chi connectivity index (χ2v) is 4.68. The van der Waals surface area contributed by atoms with E-state index in [0.717, 1.165) is 11.8 Å². The van der Waals surface area contributed by atoms with Gasteiger partial charge in [-0.05, 0) is 30.2 Å². The van der Waals surface area contributed by atoms with E-state index < -0.39 is 15.9 Å². The van der Waals surface area contributed by atoms with Crippen LogP contribution in [0.5, 0.6) is 0 Å². The number of halogens is 1. The Labute approximate surface area is 82.6 Å². The molecule has 1 aromatic rings. The van der Waals surface area contributed by atoms with Crippen LogP contribution in [0, 0.1) is 12.7 Å². The molecule has 3 nitrogen and oxygen atoms in total. The molecule has 1 aromatic carbocycles. The SMILES string of the molecule is Cc1ccc(F)cc1COS(C)(=O)=O. The molecule has 0 aromatic heterocycles. The van der Waals surface area contributed by atoms with Crippen molar-refractivity contribution in [3.05, 3.63) is 35.1 Å². The van der Waals surface area contributed by atoms with Gasteiger partial charge in [0.25, 0.3) is 10.1 Å². The predicted octanol–water partition coefficient (Wildman–Crippen LogP) is 1.61. The molecule has 0 aliphatic heterocycles. The summed E-state index contributed by atoms with van der Waals surface area (Å²) >= 11 is 0. The van der Waals surface area contributed by atoms with Crippen molar-refractivity contribution in [2.75, 3.05) is 6.26 Å². The highest BCUT2D eigenvalue weighted by molar-refractivity contribution is 7.85. The van der Waals surface area contributed by atoms with Crippen molar-refractivity contribution in [1.82, 2.24) is 0 Å². The fourth-order valence-electron chi connectivity index (χ4n) is 0.966. The lowest BCUT2D eigenvalue weighted by Crippen LogP contribution is -2.03. The van der Waals surface area contributed by atoms with Crippen LogP contribution in [0.3, 0.4) is 0 Å². The van der Waals surface area contributed by atoms with Crippen molar-refractivity contribution < 1.29 is 17.0 Å².